The van der Waals surface area contributed by atoms with Crippen molar-refractivity contribution >= 4 is 49.2 Å². The maximum Gasteiger partial charge on any atom is 0.325 e. The molecule has 1 aliphatic rings. The molecule has 1 aliphatic heterocycles. The number of amides is 1. The highest BCUT2D eigenvalue weighted by Gasteiger charge is 2.45. The van der Waals surface area contributed by atoms with Gasteiger partial charge in [-0.15, -0.1) is 0 Å². The zero-order valence-electron chi connectivity index (χ0n) is 15.6. The third-order valence-corrected chi connectivity index (χ3v) is 5.99. The van der Waals surface area contributed by atoms with Crippen molar-refractivity contribution < 1.29 is 40.6 Å². The number of nitrogens with one attached hydrogen (secondary N) is 2. The summed E-state index contributed by atoms with van der Waals surface area (Å²) in [6.45, 7) is 0. The number of rotatable bonds is 6. The minimum Gasteiger partial charge on any atom is -0.480 e. The molecule has 1 fully saturated rings. The molecule has 1 heterocycles. The van der Waals surface area contributed by atoms with E-state index in [4.69, 9.17) is 10.3 Å². The van der Waals surface area contributed by atoms with Gasteiger partial charge in [0.05, 0.1) is 16.3 Å². The van der Waals surface area contributed by atoms with Gasteiger partial charge < -0.3 is 10.8 Å². The Bertz CT molecular complexity index is 1320. The molecule has 1 amide bonds. The highest BCUT2D eigenvalue weighted by Crippen LogP contribution is 2.29. The standard InChI is InChI=1S/C16H14N5O9S2/c17-8-1-6-11(12(7-8)32(28,29)30)18-19-13-14(16(23)24)20-21(15(13)22)9-2-4-10(5-3-9)31(25,26)27/h1-7,13-14,17,20H,(H,23,24)(H,25,26,27)(H,28,29,30). The normalized spacial score (nSPS) is 19.6. The summed E-state index contributed by atoms with van der Waals surface area (Å²) in [4.78, 5) is 23.1. The van der Waals surface area contributed by atoms with Crippen LogP contribution in [0, 0.1) is 0 Å². The number of hydrazine groups is 1. The Morgan fingerprint density at radius 3 is 2.19 bits per heavy atom. The van der Waals surface area contributed by atoms with Gasteiger partial charge in [0.2, 0.25) is 0 Å². The maximum absolute atomic E-state index is 12.7. The summed E-state index contributed by atoms with van der Waals surface area (Å²) >= 11 is 0. The number of carbonyl (C=O) groups excluding carboxylic acids is 1. The molecule has 2 atom stereocenters. The Morgan fingerprint density at radius 2 is 1.66 bits per heavy atom. The fourth-order valence-electron chi connectivity index (χ4n) is 2.75. The first kappa shape index (κ1) is 23.2. The van der Waals surface area contributed by atoms with Gasteiger partial charge in [-0.3, -0.25) is 18.7 Å². The molecule has 0 aromatic heterocycles. The summed E-state index contributed by atoms with van der Waals surface area (Å²) in [5.74, 6) is -2.40. The van der Waals surface area contributed by atoms with Crippen LogP contribution in [0.4, 0.5) is 17.1 Å². The molecule has 169 valence electrons. The van der Waals surface area contributed by atoms with Crippen LogP contribution in [0.25, 0.3) is 0 Å². The second-order valence-corrected chi connectivity index (χ2v) is 9.22. The van der Waals surface area contributed by atoms with E-state index in [1.807, 2.05) is 0 Å². The summed E-state index contributed by atoms with van der Waals surface area (Å²) in [7, 11) is -9.27. The van der Waals surface area contributed by atoms with Gasteiger partial charge in [-0.05, 0) is 42.5 Å². The van der Waals surface area contributed by atoms with E-state index >= 15 is 0 Å². The number of nitrogens with zero attached hydrogens (tertiary/aromatic N) is 3. The van der Waals surface area contributed by atoms with Crippen LogP contribution in [0.2, 0.25) is 0 Å². The van der Waals surface area contributed by atoms with Crippen LogP contribution < -0.4 is 16.2 Å². The van der Waals surface area contributed by atoms with E-state index in [0.29, 0.717) is 0 Å². The van der Waals surface area contributed by atoms with Crippen LogP contribution in [0.15, 0.2) is 62.5 Å². The van der Waals surface area contributed by atoms with E-state index in [9.17, 15) is 36.1 Å². The monoisotopic (exact) mass is 484 g/mol. The number of anilines is 1. The van der Waals surface area contributed by atoms with Gasteiger partial charge in [-0.1, -0.05) is 0 Å². The number of aliphatic carboxylic acids is 1. The molecule has 2 aromatic rings. The Morgan fingerprint density at radius 1 is 1.03 bits per heavy atom. The van der Waals surface area contributed by atoms with Crippen LogP contribution >= 0.6 is 0 Å². The summed E-state index contributed by atoms with van der Waals surface area (Å²) in [5, 5.41) is 17.4. The third kappa shape index (κ3) is 4.73. The lowest BCUT2D eigenvalue weighted by molar-refractivity contribution is -0.140. The Kier molecular flexibility index (Phi) is 5.98. The first-order valence-corrected chi connectivity index (χ1v) is 11.3. The topological polar surface area (TPSA) is 227 Å². The number of benzene rings is 2. The molecule has 0 spiro atoms. The van der Waals surface area contributed by atoms with E-state index < -0.39 is 59.7 Å². The molecular weight excluding hydrogens is 470 g/mol. The summed E-state index contributed by atoms with van der Waals surface area (Å²) in [6.07, 6.45) is 0. The quantitative estimate of drug-likeness (QED) is 0.329. The molecule has 2 unspecified atom stereocenters. The minimum atomic E-state index is -4.79. The molecule has 14 nitrogen and oxygen atoms in total. The van der Waals surface area contributed by atoms with Crippen molar-refractivity contribution in [2.45, 2.75) is 21.9 Å². The van der Waals surface area contributed by atoms with Crippen LogP contribution in [0.5, 0.6) is 0 Å². The van der Waals surface area contributed by atoms with Crippen molar-refractivity contribution in [3.05, 3.63) is 42.5 Å². The van der Waals surface area contributed by atoms with Gasteiger partial charge in [0.25, 0.3) is 26.1 Å². The third-order valence-electron chi connectivity index (χ3n) is 4.24. The molecular formula is C16H14N5O9S2. The van der Waals surface area contributed by atoms with Gasteiger partial charge in [0.1, 0.15) is 10.6 Å². The van der Waals surface area contributed by atoms with Crippen molar-refractivity contribution in [3.63, 3.8) is 0 Å². The molecule has 0 bridgehead atoms. The average Bonchev–Trinajstić information content (AvgIpc) is 3.02. The molecule has 1 saturated heterocycles. The Hall–Kier alpha value is -3.44. The molecule has 0 aliphatic carbocycles. The summed E-state index contributed by atoms with van der Waals surface area (Å²) < 4.78 is 63.6. The van der Waals surface area contributed by atoms with Crippen LogP contribution in [-0.2, 0) is 29.8 Å². The molecule has 5 N–H and O–H groups in total. The van der Waals surface area contributed by atoms with Gasteiger partial charge in [-0.2, -0.15) is 27.1 Å². The van der Waals surface area contributed by atoms with Crippen molar-refractivity contribution in [1.29, 1.82) is 0 Å². The number of azo groups is 1. The summed E-state index contributed by atoms with van der Waals surface area (Å²) in [6, 6.07) is 3.98. The van der Waals surface area contributed by atoms with Gasteiger partial charge >= 0.3 is 5.97 Å². The highest BCUT2D eigenvalue weighted by molar-refractivity contribution is 7.86. The van der Waals surface area contributed by atoms with Crippen LogP contribution in [-0.4, -0.2) is 55.0 Å². The summed E-state index contributed by atoms with van der Waals surface area (Å²) in [5.41, 5.74) is 9.19. The number of hydrogen-bond donors (Lipinski definition) is 4. The zero-order valence-corrected chi connectivity index (χ0v) is 17.3. The molecule has 0 saturated carbocycles. The first-order chi connectivity index (χ1) is 14.8. The molecule has 2 aromatic carbocycles. The van der Waals surface area contributed by atoms with E-state index in [2.05, 4.69) is 15.7 Å². The fourth-order valence-corrected chi connectivity index (χ4v) is 3.88. The van der Waals surface area contributed by atoms with E-state index in [0.717, 1.165) is 47.5 Å². The molecule has 3 rings (SSSR count). The smallest absolute Gasteiger partial charge is 0.325 e. The largest absolute Gasteiger partial charge is 0.480 e. The van der Waals surface area contributed by atoms with Crippen LogP contribution in [0.1, 0.15) is 0 Å². The molecule has 1 radical (unpaired) electrons. The van der Waals surface area contributed by atoms with Crippen molar-refractivity contribution in [2.24, 2.45) is 10.2 Å². The second kappa shape index (κ2) is 8.24. The maximum atomic E-state index is 12.7. The minimum absolute atomic E-state index is 0.0311. The fraction of sp³-hybridized carbons (Fsp3) is 0.125. The number of carbonyl (C=O) groups is 2. The van der Waals surface area contributed by atoms with E-state index in [-0.39, 0.29) is 11.4 Å². The highest BCUT2D eigenvalue weighted by atomic mass is 32.2. The predicted octanol–water partition coefficient (Wildman–Crippen LogP) is 0.551. The van der Waals surface area contributed by atoms with Gasteiger partial charge in [-0.25, -0.2) is 10.4 Å². The van der Waals surface area contributed by atoms with E-state index in [1.54, 1.807) is 0 Å². The van der Waals surface area contributed by atoms with Crippen molar-refractivity contribution in [3.8, 4) is 0 Å². The first-order valence-electron chi connectivity index (χ1n) is 8.43. The number of carboxylic acids is 1. The molecule has 32 heavy (non-hydrogen) atoms. The SMILES string of the molecule is [NH]c1ccc(N=NC2C(=O)N(c3ccc(S(=O)(=O)O)cc3)NC2C(=O)O)c(S(=O)(=O)O)c1. The Labute approximate surface area is 180 Å². The zero-order chi connectivity index (χ0) is 23.8. The molecule has 16 heteroatoms. The van der Waals surface area contributed by atoms with Crippen molar-refractivity contribution in [2.75, 3.05) is 5.01 Å². The second-order valence-electron chi connectivity index (χ2n) is 6.41. The van der Waals surface area contributed by atoms with Crippen molar-refractivity contribution in [1.82, 2.24) is 11.2 Å². The Balaban J connectivity index is 1.95. The number of carboxylic acid groups (broad SMARTS) is 1. The lowest BCUT2D eigenvalue weighted by Gasteiger charge is -2.16. The van der Waals surface area contributed by atoms with Gasteiger partial charge in [0.15, 0.2) is 12.1 Å². The lowest BCUT2D eigenvalue weighted by Crippen LogP contribution is -2.42. The van der Waals surface area contributed by atoms with Crippen LogP contribution in [0.3, 0.4) is 0 Å². The number of hydrogen-bond acceptors (Lipinski definition) is 9. The lowest BCUT2D eigenvalue weighted by atomic mass is 10.1. The van der Waals surface area contributed by atoms with Gasteiger partial charge in [0, 0.05) is 0 Å². The average molecular weight is 484 g/mol. The van der Waals surface area contributed by atoms with E-state index in [1.165, 1.54) is 0 Å². The predicted molar refractivity (Wildman–Crippen MR) is 106 cm³/mol.